The maximum atomic E-state index is 11.3. The summed E-state index contributed by atoms with van der Waals surface area (Å²) in [5, 5.41) is 18.1. The molecule has 6 nitrogen and oxygen atoms in total. The molecule has 1 aliphatic heterocycles. The van der Waals surface area contributed by atoms with Crippen LogP contribution in [0.15, 0.2) is 0 Å². The lowest BCUT2D eigenvalue weighted by atomic mass is 10.0. The van der Waals surface area contributed by atoms with E-state index in [0.29, 0.717) is 6.42 Å². The zero-order chi connectivity index (χ0) is 11.6. The van der Waals surface area contributed by atoms with Crippen molar-refractivity contribution in [1.29, 1.82) is 0 Å². The number of hydrogen-bond acceptors (Lipinski definition) is 4. The van der Waals surface area contributed by atoms with E-state index in [1.54, 1.807) is 0 Å². The van der Waals surface area contributed by atoms with Crippen LogP contribution in [0.2, 0.25) is 0 Å². The standard InChI is InChI=1S/C9H13NO5/c1-9(15,8(13)14)5-10-6(11)3-2-4-7(10)12/h15H,2-5H2,1H3,(H,13,14). The van der Waals surface area contributed by atoms with Crippen LogP contribution in [0.5, 0.6) is 0 Å². The fraction of sp³-hybridized carbons (Fsp3) is 0.667. The topological polar surface area (TPSA) is 94.9 Å². The number of nitrogens with zero attached hydrogens (tertiary/aromatic N) is 1. The molecule has 1 aliphatic rings. The molecule has 1 fully saturated rings. The summed E-state index contributed by atoms with van der Waals surface area (Å²) in [6.07, 6.45) is 0.937. The summed E-state index contributed by atoms with van der Waals surface area (Å²) in [6.45, 7) is 0.574. The zero-order valence-electron chi connectivity index (χ0n) is 8.39. The van der Waals surface area contributed by atoms with Gasteiger partial charge in [-0.1, -0.05) is 0 Å². The van der Waals surface area contributed by atoms with Gasteiger partial charge in [0, 0.05) is 12.8 Å². The Morgan fingerprint density at radius 1 is 1.40 bits per heavy atom. The minimum atomic E-state index is -2.08. The molecule has 2 amide bonds. The number of amides is 2. The molecule has 0 aromatic heterocycles. The van der Waals surface area contributed by atoms with Crippen LogP contribution in [0.25, 0.3) is 0 Å². The predicted molar refractivity (Wildman–Crippen MR) is 48.8 cm³/mol. The van der Waals surface area contributed by atoms with Gasteiger partial charge in [0.05, 0.1) is 6.54 Å². The fourth-order valence-electron chi connectivity index (χ4n) is 1.35. The van der Waals surface area contributed by atoms with Crippen molar-refractivity contribution in [3.63, 3.8) is 0 Å². The molecule has 1 unspecified atom stereocenters. The van der Waals surface area contributed by atoms with Gasteiger partial charge in [-0.05, 0) is 13.3 Å². The van der Waals surface area contributed by atoms with Gasteiger partial charge in [-0.3, -0.25) is 14.5 Å². The number of imide groups is 1. The lowest BCUT2D eigenvalue weighted by molar-refractivity contribution is -0.163. The predicted octanol–water partition coefficient (Wildman–Crippen LogP) is -0.639. The second-order valence-electron chi connectivity index (χ2n) is 3.81. The molecule has 0 spiro atoms. The first kappa shape index (κ1) is 11.6. The third-order valence-corrected chi connectivity index (χ3v) is 2.31. The van der Waals surface area contributed by atoms with Gasteiger partial charge in [0.2, 0.25) is 11.8 Å². The van der Waals surface area contributed by atoms with Crippen LogP contribution in [0.1, 0.15) is 26.2 Å². The first-order valence-electron chi connectivity index (χ1n) is 4.63. The van der Waals surface area contributed by atoms with Crippen LogP contribution in [0.4, 0.5) is 0 Å². The number of aliphatic carboxylic acids is 1. The molecule has 0 radical (unpaired) electrons. The Morgan fingerprint density at radius 2 is 1.87 bits per heavy atom. The summed E-state index contributed by atoms with van der Waals surface area (Å²) >= 11 is 0. The number of carboxylic acid groups (broad SMARTS) is 1. The van der Waals surface area contributed by atoms with Crippen LogP contribution in [-0.2, 0) is 14.4 Å². The molecule has 2 N–H and O–H groups in total. The zero-order valence-corrected chi connectivity index (χ0v) is 8.39. The minimum Gasteiger partial charge on any atom is -0.479 e. The van der Waals surface area contributed by atoms with Gasteiger partial charge in [0.15, 0.2) is 5.60 Å². The van der Waals surface area contributed by atoms with Crippen molar-refractivity contribution in [2.45, 2.75) is 31.8 Å². The van der Waals surface area contributed by atoms with Gasteiger partial charge in [-0.15, -0.1) is 0 Å². The van der Waals surface area contributed by atoms with Crippen LogP contribution in [0.3, 0.4) is 0 Å². The quantitative estimate of drug-likeness (QED) is 0.610. The first-order chi connectivity index (χ1) is 6.84. The van der Waals surface area contributed by atoms with Crippen LogP contribution < -0.4 is 0 Å². The number of hydrogen-bond donors (Lipinski definition) is 2. The average Bonchev–Trinajstić information content (AvgIpc) is 2.11. The van der Waals surface area contributed by atoms with Crippen molar-refractivity contribution in [1.82, 2.24) is 4.90 Å². The molecule has 1 atom stereocenters. The van der Waals surface area contributed by atoms with E-state index in [2.05, 4.69) is 0 Å². The number of carboxylic acids is 1. The maximum Gasteiger partial charge on any atom is 0.337 e. The monoisotopic (exact) mass is 215 g/mol. The SMILES string of the molecule is CC(O)(CN1C(=O)CCCC1=O)C(=O)O. The lowest BCUT2D eigenvalue weighted by Crippen LogP contribution is -2.52. The highest BCUT2D eigenvalue weighted by molar-refractivity contribution is 5.98. The van der Waals surface area contributed by atoms with E-state index in [1.807, 2.05) is 0 Å². The Bertz CT molecular complexity index is 294. The minimum absolute atomic E-state index is 0.224. The van der Waals surface area contributed by atoms with Crippen molar-refractivity contribution in [3.8, 4) is 0 Å². The van der Waals surface area contributed by atoms with E-state index >= 15 is 0 Å². The van der Waals surface area contributed by atoms with Crippen LogP contribution >= 0.6 is 0 Å². The van der Waals surface area contributed by atoms with E-state index in [-0.39, 0.29) is 12.8 Å². The Kier molecular flexibility index (Phi) is 3.09. The molecule has 0 aromatic carbocycles. The molecule has 1 rings (SSSR count). The molecule has 0 aliphatic carbocycles. The number of piperidine rings is 1. The molecule has 0 saturated carbocycles. The van der Waals surface area contributed by atoms with Crippen molar-refractivity contribution >= 4 is 17.8 Å². The van der Waals surface area contributed by atoms with Gasteiger partial charge in [-0.2, -0.15) is 0 Å². The summed E-state index contributed by atoms with van der Waals surface area (Å²) in [4.78, 5) is 34.0. The average molecular weight is 215 g/mol. The summed E-state index contributed by atoms with van der Waals surface area (Å²) in [7, 11) is 0. The van der Waals surface area contributed by atoms with Crippen molar-refractivity contribution in [3.05, 3.63) is 0 Å². The van der Waals surface area contributed by atoms with Gasteiger partial charge in [-0.25, -0.2) is 4.79 Å². The Labute approximate surface area is 86.5 Å². The van der Waals surface area contributed by atoms with Gasteiger partial charge < -0.3 is 10.2 Å². The van der Waals surface area contributed by atoms with E-state index < -0.39 is 29.9 Å². The van der Waals surface area contributed by atoms with E-state index in [1.165, 1.54) is 0 Å². The lowest BCUT2D eigenvalue weighted by Gasteiger charge is -2.29. The van der Waals surface area contributed by atoms with Crippen LogP contribution in [0, 0.1) is 0 Å². The number of likely N-dealkylation sites (tertiary alicyclic amines) is 1. The second-order valence-corrected chi connectivity index (χ2v) is 3.81. The van der Waals surface area contributed by atoms with Gasteiger partial charge in [0.1, 0.15) is 0 Å². The fourth-order valence-corrected chi connectivity index (χ4v) is 1.35. The molecule has 0 bridgehead atoms. The van der Waals surface area contributed by atoms with Gasteiger partial charge >= 0.3 is 5.97 Å². The number of β-amino-alcohol motifs (C(OH)–C–C–N with tert-alkyl or cyclic N) is 1. The number of aliphatic hydroxyl groups is 1. The summed E-state index contributed by atoms with van der Waals surface area (Å²) in [5.74, 6) is -2.30. The Balaban J connectivity index is 2.75. The molecule has 1 saturated heterocycles. The highest BCUT2D eigenvalue weighted by atomic mass is 16.4. The molecule has 84 valence electrons. The maximum absolute atomic E-state index is 11.3. The van der Waals surface area contributed by atoms with Crippen molar-refractivity contribution in [2.24, 2.45) is 0 Å². The highest BCUT2D eigenvalue weighted by Gasteiger charge is 2.37. The molecule has 0 aromatic rings. The second kappa shape index (κ2) is 3.98. The summed E-state index contributed by atoms with van der Waals surface area (Å²) in [5.41, 5.74) is -2.08. The number of rotatable bonds is 3. The first-order valence-corrected chi connectivity index (χ1v) is 4.63. The Hall–Kier alpha value is -1.43. The largest absolute Gasteiger partial charge is 0.479 e. The van der Waals surface area contributed by atoms with Crippen LogP contribution in [-0.4, -0.2) is 45.0 Å². The van der Waals surface area contributed by atoms with E-state index in [0.717, 1.165) is 11.8 Å². The summed E-state index contributed by atoms with van der Waals surface area (Å²) in [6, 6.07) is 0. The molecule has 6 heteroatoms. The summed E-state index contributed by atoms with van der Waals surface area (Å²) < 4.78 is 0. The number of carbonyl (C=O) groups excluding carboxylic acids is 2. The third kappa shape index (κ3) is 2.53. The van der Waals surface area contributed by atoms with Crippen molar-refractivity contribution in [2.75, 3.05) is 6.54 Å². The highest BCUT2D eigenvalue weighted by Crippen LogP contribution is 2.16. The van der Waals surface area contributed by atoms with E-state index in [9.17, 15) is 19.5 Å². The molecule has 1 heterocycles. The molecular weight excluding hydrogens is 202 g/mol. The molecule has 15 heavy (non-hydrogen) atoms. The third-order valence-electron chi connectivity index (χ3n) is 2.31. The smallest absolute Gasteiger partial charge is 0.337 e. The molecular formula is C9H13NO5. The van der Waals surface area contributed by atoms with Gasteiger partial charge in [0.25, 0.3) is 0 Å². The number of carbonyl (C=O) groups is 3. The normalized spacial score (nSPS) is 21.3. The van der Waals surface area contributed by atoms with Crippen molar-refractivity contribution < 1.29 is 24.6 Å². The Morgan fingerprint density at radius 3 is 2.27 bits per heavy atom. The van der Waals surface area contributed by atoms with E-state index in [4.69, 9.17) is 5.11 Å².